The summed E-state index contributed by atoms with van der Waals surface area (Å²) in [5.74, 6) is 3.98. The number of hydrogen-bond donors (Lipinski definition) is 0. The van der Waals surface area contributed by atoms with E-state index in [1.807, 2.05) is 0 Å². The highest BCUT2D eigenvalue weighted by atomic mass is 16.5. The number of rotatable bonds is 19. The first-order chi connectivity index (χ1) is 24.3. The Kier molecular flexibility index (Phi) is 13.4. The van der Waals surface area contributed by atoms with Crippen molar-refractivity contribution in [2.45, 2.75) is 196 Å². The van der Waals surface area contributed by atoms with Crippen LogP contribution in [0.2, 0.25) is 0 Å². The van der Waals surface area contributed by atoms with E-state index in [1.54, 1.807) is 0 Å². The van der Waals surface area contributed by atoms with Crippen LogP contribution in [0.5, 0.6) is 0 Å². The van der Waals surface area contributed by atoms with Crippen LogP contribution in [0.25, 0.3) is 0 Å². The third-order valence-electron chi connectivity index (χ3n) is 17.0. The third kappa shape index (κ3) is 7.97. The molecule has 5 fully saturated rings. The van der Waals surface area contributed by atoms with Crippen molar-refractivity contribution in [3.8, 4) is 0 Å². The number of hydrogen-bond acceptors (Lipinski definition) is 2. The number of fused-ring (bicyclic) bond motifs is 2. The molecule has 0 radical (unpaired) electrons. The maximum absolute atomic E-state index is 13.2. The van der Waals surface area contributed by atoms with E-state index in [9.17, 15) is 4.79 Å². The summed E-state index contributed by atoms with van der Waals surface area (Å²) >= 11 is 0. The molecule has 10 atom stereocenters. The molecule has 0 amide bonds. The molecule has 0 aromatic carbocycles. The van der Waals surface area contributed by atoms with Crippen LogP contribution in [0.15, 0.2) is 48.6 Å². The minimum atomic E-state index is 0.0640. The van der Waals surface area contributed by atoms with E-state index in [1.165, 1.54) is 95.5 Å². The lowest BCUT2D eigenvalue weighted by Gasteiger charge is -2.63. The molecule has 0 N–H and O–H groups in total. The van der Waals surface area contributed by atoms with E-state index >= 15 is 0 Å². The van der Waals surface area contributed by atoms with Crippen LogP contribution < -0.4 is 0 Å². The summed E-state index contributed by atoms with van der Waals surface area (Å²) in [5, 5.41) is 0. The molecule has 288 valence electrons. The van der Waals surface area contributed by atoms with Crippen molar-refractivity contribution in [1.82, 2.24) is 0 Å². The summed E-state index contributed by atoms with van der Waals surface area (Å²) in [7, 11) is 0. The van der Waals surface area contributed by atoms with Gasteiger partial charge in [0.1, 0.15) is 6.10 Å². The average Bonchev–Trinajstić information content (AvgIpc) is 3.67. The summed E-state index contributed by atoms with van der Waals surface area (Å²) < 4.78 is 6.41. The molecular formula is C49H80O2. The van der Waals surface area contributed by atoms with Crippen LogP contribution in [0.4, 0.5) is 0 Å². The number of allylic oxidation sites excluding steroid dienone is 7. The largest absolute Gasteiger partial charge is 0.462 e. The molecule has 5 rings (SSSR count). The van der Waals surface area contributed by atoms with Crippen LogP contribution in [0.1, 0.15) is 190 Å². The van der Waals surface area contributed by atoms with Crippen LogP contribution in [0, 0.1) is 56.7 Å². The Labute approximate surface area is 316 Å². The minimum Gasteiger partial charge on any atom is -0.462 e. The molecule has 5 saturated carbocycles. The first kappa shape index (κ1) is 40.6. The molecule has 0 aromatic rings. The fourth-order valence-electron chi connectivity index (χ4n) is 13.6. The first-order valence-electron chi connectivity index (χ1n) is 22.1. The SMILES string of the molecule is C=C(C)C(C)CCC(C)C1CCC2(C)C3CCC4C(C)(C)C(OC(=O)CCCCCCCC=CCC=CCC=CCC)CCC45CC35CCC12C. The lowest BCUT2D eigenvalue weighted by Crippen LogP contribution is -2.58. The van der Waals surface area contributed by atoms with E-state index in [-0.39, 0.29) is 17.5 Å². The monoisotopic (exact) mass is 701 g/mol. The maximum atomic E-state index is 13.2. The predicted octanol–water partition coefficient (Wildman–Crippen LogP) is 14.6. The molecule has 2 spiro atoms. The van der Waals surface area contributed by atoms with Crippen molar-refractivity contribution >= 4 is 5.97 Å². The second-order valence-corrected chi connectivity index (χ2v) is 19.9. The van der Waals surface area contributed by atoms with Crippen LogP contribution >= 0.6 is 0 Å². The molecule has 51 heavy (non-hydrogen) atoms. The van der Waals surface area contributed by atoms with Gasteiger partial charge < -0.3 is 4.74 Å². The zero-order chi connectivity index (χ0) is 36.9. The number of esters is 1. The highest BCUT2D eigenvalue weighted by Crippen LogP contribution is 2.89. The van der Waals surface area contributed by atoms with E-state index in [0.29, 0.717) is 39.9 Å². The van der Waals surface area contributed by atoms with Crippen molar-refractivity contribution in [2.75, 3.05) is 0 Å². The number of carbonyl (C=O) groups is 1. The zero-order valence-corrected chi connectivity index (χ0v) is 34.8. The molecule has 0 heterocycles. The van der Waals surface area contributed by atoms with Gasteiger partial charge in [0.25, 0.3) is 0 Å². The summed E-state index contributed by atoms with van der Waals surface area (Å²) in [6.07, 6.45) is 39.5. The molecule has 5 aliphatic carbocycles. The molecule has 2 nitrogen and oxygen atoms in total. The Morgan fingerprint density at radius 1 is 0.745 bits per heavy atom. The van der Waals surface area contributed by atoms with Gasteiger partial charge in [0, 0.05) is 11.8 Å². The second kappa shape index (κ2) is 16.8. The molecule has 0 saturated heterocycles. The van der Waals surface area contributed by atoms with Crippen molar-refractivity contribution in [1.29, 1.82) is 0 Å². The molecule has 2 heteroatoms. The summed E-state index contributed by atoms with van der Waals surface area (Å²) in [5.41, 5.74) is 3.45. The minimum absolute atomic E-state index is 0.0640. The zero-order valence-electron chi connectivity index (χ0n) is 34.8. The van der Waals surface area contributed by atoms with Crippen LogP contribution in [0.3, 0.4) is 0 Å². The fraction of sp³-hybridized carbons (Fsp3) is 0.816. The maximum Gasteiger partial charge on any atom is 0.306 e. The summed E-state index contributed by atoms with van der Waals surface area (Å²) in [6.45, 7) is 24.1. The molecule has 5 aliphatic rings. The highest BCUT2D eigenvalue weighted by Gasteiger charge is 2.82. The van der Waals surface area contributed by atoms with Gasteiger partial charge >= 0.3 is 5.97 Å². The normalized spacial score (nSPS) is 37.9. The van der Waals surface area contributed by atoms with E-state index in [0.717, 1.165) is 56.3 Å². The molecule has 0 aliphatic heterocycles. The molecule has 0 bridgehead atoms. The Morgan fingerprint density at radius 2 is 1.39 bits per heavy atom. The van der Waals surface area contributed by atoms with E-state index < -0.39 is 0 Å². The lowest BCUT2D eigenvalue weighted by atomic mass is 9.41. The van der Waals surface area contributed by atoms with Crippen LogP contribution in [-0.4, -0.2) is 12.1 Å². The summed E-state index contributed by atoms with van der Waals surface area (Å²) in [6, 6.07) is 0. The van der Waals surface area contributed by atoms with E-state index in [4.69, 9.17) is 4.74 Å². The van der Waals surface area contributed by atoms with Crippen molar-refractivity contribution in [3.05, 3.63) is 48.6 Å². The van der Waals surface area contributed by atoms with Crippen molar-refractivity contribution in [2.24, 2.45) is 56.7 Å². The molecular weight excluding hydrogens is 621 g/mol. The van der Waals surface area contributed by atoms with Gasteiger partial charge in [-0.15, -0.1) is 0 Å². The Bertz CT molecular complexity index is 1270. The topological polar surface area (TPSA) is 26.3 Å². The Balaban J connectivity index is 1.06. The number of unbranched alkanes of at least 4 members (excludes halogenated alkanes) is 5. The third-order valence-corrected chi connectivity index (χ3v) is 17.0. The first-order valence-corrected chi connectivity index (χ1v) is 22.1. The number of carbonyl (C=O) groups excluding carboxylic acids is 1. The van der Waals surface area contributed by atoms with Gasteiger partial charge in [-0.2, -0.15) is 0 Å². The number of ether oxygens (including phenoxy) is 1. The Morgan fingerprint density at radius 3 is 2.12 bits per heavy atom. The van der Waals surface area contributed by atoms with Gasteiger partial charge in [-0.1, -0.05) is 116 Å². The molecule has 0 aromatic heterocycles. The predicted molar refractivity (Wildman–Crippen MR) is 218 cm³/mol. The standard InChI is InChI=1S/C49H80O2/c1-10-11-12-13-14-15-16-17-18-19-20-21-22-23-24-25-44(50)51-43-31-33-48-36-49(48)35-34-46(8)40(39(5)27-26-38(4)37(2)3)30-32-47(46,9)42(49)29-28-41(48)45(43,6)7/h11-12,14-15,17-18,38-43H,2,10,13,16,19-36H2,1,3-9H3. The van der Waals surface area contributed by atoms with E-state index in [2.05, 4.69) is 98.4 Å². The molecule has 10 unspecified atom stereocenters. The van der Waals surface area contributed by atoms with Crippen molar-refractivity contribution < 1.29 is 9.53 Å². The second-order valence-electron chi connectivity index (χ2n) is 19.9. The van der Waals surface area contributed by atoms with Crippen LogP contribution in [-0.2, 0) is 9.53 Å². The quantitative estimate of drug-likeness (QED) is 0.0762. The highest BCUT2D eigenvalue weighted by molar-refractivity contribution is 5.69. The van der Waals surface area contributed by atoms with Gasteiger partial charge in [0.05, 0.1) is 0 Å². The van der Waals surface area contributed by atoms with Gasteiger partial charge in [0.15, 0.2) is 0 Å². The van der Waals surface area contributed by atoms with Gasteiger partial charge in [0.2, 0.25) is 0 Å². The smallest absolute Gasteiger partial charge is 0.306 e. The van der Waals surface area contributed by atoms with Crippen molar-refractivity contribution in [3.63, 3.8) is 0 Å². The van der Waals surface area contributed by atoms with Gasteiger partial charge in [-0.3, -0.25) is 4.79 Å². The summed E-state index contributed by atoms with van der Waals surface area (Å²) in [4.78, 5) is 13.2. The lowest BCUT2D eigenvalue weighted by molar-refractivity contribution is -0.183. The van der Waals surface area contributed by atoms with Gasteiger partial charge in [-0.25, -0.2) is 0 Å². The van der Waals surface area contributed by atoms with Gasteiger partial charge in [-0.05, 0) is 167 Å². The average molecular weight is 701 g/mol. The Hall–Kier alpha value is -1.57. The fourth-order valence-corrected chi connectivity index (χ4v) is 13.6.